The molecule has 92 valence electrons. The molecule has 17 heavy (non-hydrogen) atoms. The van der Waals surface area contributed by atoms with Gasteiger partial charge in [0.25, 0.3) is 0 Å². The molecule has 0 saturated heterocycles. The molecule has 1 aromatic rings. The molecule has 0 radical (unpaired) electrons. The second-order valence-electron chi connectivity index (χ2n) is 4.18. The van der Waals surface area contributed by atoms with E-state index in [-0.39, 0.29) is 18.3 Å². The molecule has 1 saturated carbocycles. The van der Waals surface area contributed by atoms with Gasteiger partial charge in [-0.1, -0.05) is 15.9 Å². The number of halogens is 2. The number of hydrogen-bond donors (Lipinski definition) is 2. The molecule has 5 heteroatoms. The Hall–Kier alpha value is -0.940. The van der Waals surface area contributed by atoms with Gasteiger partial charge < -0.3 is 10.6 Å². The minimum absolute atomic E-state index is 0.0251. The lowest BCUT2D eigenvalue weighted by Crippen LogP contribution is -2.34. The molecule has 0 atom stereocenters. The van der Waals surface area contributed by atoms with Gasteiger partial charge in [0.1, 0.15) is 5.82 Å². The van der Waals surface area contributed by atoms with E-state index in [0.717, 1.165) is 17.3 Å². The molecule has 2 N–H and O–H groups in total. The van der Waals surface area contributed by atoms with Crippen molar-refractivity contribution in [3.8, 4) is 0 Å². The largest absolute Gasteiger partial charge is 0.352 e. The standard InChI is InChI=1S/C12H14BrFN2O/c13-9-1-4-11(14)8(5-9)6-15-7-12(17)16-10-2-3-10/h1,4-5,10,15H,2-3,6-7H2,(H,16,17). The summed E-state index contributed by atoms with van der Waals surface area (Å²) in [5, 5.41) is 5.79. The van der Waals surface area contributed by atoms with Crippen LogP contribution in [0.2, 0.25) is 0 Å². The summed E-state index contributed by atoms with van der Waals surface area (Å²) in [5.74, 6) is -0.286. The maximum absolute atomic E-state index is 13.4. The zero-order chi connectivity index (χ0) is 12.3. The van der Waals surface area contributed by atoms with Crippen molar-refractivity contribution in [2.45, 2.75) is 25.4 Å². The summed E-state index contributed by atoms with van der Waals surface area (Å²) in [7, 11) is 0. The average molecular weight is 301 g/mol. The van der Waals surface area contributed by atoms with Crippen LogP contribution in [0.25, 0.3) is 0 Å². The number of rotatable bonds is 5. The lowest BCUT2D eigenvalue weighted by molar-refractivity contribution is -0.120. The summed E-state index contributed by atoms with van der Waals surface area (Å²) in [6.45, 7) is 0.575. The predicted molar refractivity (Wildman–Crippen MR) is 67.0 cm³/mol. The fourth-order valence-corrected chi connectivity index (χ4v) is 1.90. The first-order valence-electron chi connectivity index (χ1n) is 5.59. The molecule has 1 aliphatic carbocycles. The van der Waals surface area contributed by atoms with E-state index in [9.17, 15) is 9.18 Å². The summed E-state index contributed by atoms with van der Waals surface area (Å²) in [6, 6.07) is 5.14. The summed E-state index contributed by atoms with van der Waals surface area (Å²) < 4.78 is 14.2. The molecule has 0 aliphatic heterocycles. The third-order valence-corrected chi connectivity index (χ3v) is 3.04. The van der Waals surface area contributed by atoms with Crippen LogP contribution in [0.4, 0.5) is 4.39 Å². The Bertz CT molecular complexity index is 421. The predicted octanol–water partition coefficient (Wildman–Crippen LogP) is 1.96. The topological polar surface area (TPSA) is 41.1 Å². The van der Waals surface area contributed by atoms with E-state index in [1.165, 1.54) is 6.07 Å². The van der Waals surface area contributed by atoms with E-state index in [4.69, 9.17) is 0 Å². The van der Waals surface area contributed by atoms with Crippen molar-refractivity contribution in [1.29, 1.82) is 0 Å². The van der Waals surface area contributed by atoms with Crippen molar-refractivity contribution in [2.75, 3.05) is 6.54 Å². The summed E-state index contributed by atoms with van der Waals surface area (Å²) in [4.78, 5) is 11.4. The quantitative estimate of drug-likeness (QED) is 0.873. The van der Waals surface area contributed by atoms with Crippen molar-refractivity contribution in [2.24, 2.45) is 0 Å². The molecule has 3 nitrogen and oxygen atoms in total. The second kappa shape index (κ2) is 5.60. The maximum atomic E-state index is 13.4. The molecule has 0 heterocycles. The van der Waals surface area contributed by atoms with E-state index >= 15 is 0 Å². The molecular formula is C12H14BrFN2O. The Morgan fingerprint density at radius 1 is 1.47 bits per heavy atom. The van der Waals surface area contributed by atoms with Gasteiger partial charge in [-0.25, -0.2) is 4.39 Å². The average Bonchev–Trinajstić information content (AvgIpc) is 3.07. The second-order valence-corrected chi connectivity index (χ2v) is 5.10. The third-order valence-electron chi connectivity index (χ3n) is 2.55. The highest BCUT2D eigenvalue weighted by Crippen LogP contribution is 2.18. The van der Waals surface area contributed by atoms with Gasteiger partial charge in [0.05, 0.1) is 6.54 Å². The van der Waals surface area contributed by atoms with Gasteiger partial charge >= 0.3 is 0 Å². The van der Waals surface area contributed by atoms with E-state index in [0.29, 0.717) is 18.2 Å². The summed E-state index contributed by atoms with van der Waals surface area (Å²) >= 11 is 3.28. The van der Waals surface area contributed by atoms with Crippen LogP contribution in [0.3, 0.4) is 0 Å². The molecular weight excluding hydrogens is 287 g/mol. The van der Waals surface area contributed by atoms with Crippen LogP contribution >= 0.6 is 15.9 Å². The molecule has 0 bridgehead atoms. The molecule has 0 unspecified atom stereocenters. The van der Waals surface area contributed by atoms with Gasteiger partial charge in [-0.2, -0.15) is 0 Å². The van der Waals surface area contributed by atoms with Crippen molar-refractivity contribution in [3.63, 3.8) is 0 Å². The van der Waals surface area contributed by atoms with E-state index in [1.54, 1.807) is 12.1 Å². The van der Waals surface area contributed by atoms with Crippen LogP contribution in [0.1, 0.15) is 18.4 Å². The first-order valence-corrected chi connectivity index (χ1v) is 6.38. The Morgan fingerprint density at radius 2 is 2.24 bits per heavy atom. The summed E-state index contributed by atoms with van der Waals surface area (Å²) in [5.41, 5.74) is 0.554. The third kappa shape index (κ3) is 4.09. The Balaban J connectivity index is 1.76. The van der Waals surface area contributed by atoms with Gasteiger partial charge in [-0.3, -0.25) is 4.79 Å². The number of carbonyl (C=O) groups is 1. The molecule has 1 aromatic carbocycles. The number of nitrogens with one attached hydrogen (secondary N) is 2. The van der Waals surface area contributed by atoms with Crippen molar-refractivity contribution in [1.82, 2.24) is 10.6 Å². The van der Waals surface area contributed by atoms with Crippen LogP contribution in [-0.2, 0) is 11.3 Å². The first-order chi connectivity index (χ1) is 8.15. The zero-order valence-corrected chi connectivity index (χ0v) is 10.9. The Labute approximate surface area is 108 Å². The van der Waals surface area contributed by atoms with Crippen LogP contribution in [0.5, 0.6) is 0 Å². The Morgan fingerprint density at radius 3 is 2.94 bits per heavy atom. The smallest absolute Gasteiger partial charge is 0.234 e. The molecule has 0 spiro atoms. The molecule has 1 aliphatic rings. The van der Waals surface area contributed by atoms with Crippen LogP contribution < -0.4 is 10.6 Å². The van der Waals surface area contributed by atoms with Gasteiger partial charge in [-0.15, -0.1) is 0 Å². The minimum atomic E-state index is -0.261. The van der Waals surface area contributed by atoms with Crippen LogP contribution in [0.15, 0.2) is 22.7 Å². The zero-order valence-electron chi connectivity index (χ0n) is 9.30. The van der Waals surface area contributed by atoms with Crippen molar-refractivity contribution in [3.05, 3.63) is 34.1 Å². The van der Waals surface area contributed by atoms with E-state index in [2.05, 4.69) is 26.6 Å². The number of amides is 1. The van der Waals surface area contributed by atoms with Gasteiger partial charge in [0, 0.05) is 22.6 Å². The maximum Gasteiger partial charge on any atom is 0.234 e. The highest BCUT2D eigenvalue weighted by Gasteiger charge is 2.22. The van der Waals surface area contributed by atoms with Gasteiger partial charge in [0.15, 0.2) is 0 Å². The molecule has 0 aromatic heterocycles. The molecule has 1 fully saturated rings. The highest BCUT2D eigenvalue weighted by atomic mass is 79.9. The lowest BCUT2D eigenvalue weighted by Gasteiger charge is -2.07. The van der Waals surface area contributed by atoms with Crippen molar-refractivity contribution < 1.29 is 9.18 Å². The van der Waals surface area contributed by atoms with Crippen LogP contribution in [0, 0.1) is 5.82 Å². The minimum Gasteiger partial charge on any atom is -0.352 e. The van der Waals surface area contributed by atoms with Gasteiger partial charge in [0.2, 0.25) is 5.91 Å². The fourth-order valence-electron chi connectivity index (χ4n) is 1.50. The van der Waals surface area contributed by atoms with Gasteiger partial charge in [-0.05, 0) is 31.0 Å². The lowest BCUT2D eigenvalue weighted by atomic mass is 10.2. The normalized spacial score (nSPS) is 14.7. The monoisotopic (exact) mass is 300 g/mol. The molecule has 1 amide bonds. The summed E-state index contributed by atoms with van der Waals surface area (Å²) in [6.07, 6.45) is 2.15. The first kappa shape index (κ1) is 12.5. The molecule has 2 rings (SSSR count). The van der Waals surface area contributed by atoms with E-state index < -0.39 is 0 Å². The van der Waals surface area contributed by atoms with Crippen LogP contribution in [-0.4, -0.2) is 18.5 Å². The van der Waals surface area contributed by atoms with Crippen molar-refractivity contribution >= 4 is 21.8 Å². The highest BCUT2D eigenvalue weighted by molar-refractivity contribution is 9.10. The Kier molecular flexibility index (Phi) is 4.12. The fraction of sp³-hybridized carbons (Fsp3) is 0.417. The SMILES string of the molecule is O=C(CNCc1cc(Br)ccc1F)NC1CC1. The number of hydrogen-bond acceptors (Lipinski definition) is 2. The number of benzene rings is 1. The van der Waals surface area contributed by atoms with E-state index in [1.807, 2.05) is 0 Å². The number of carbonyl (C=O) groups excluding carboxylic acids is 1.